The lowest BCUT2D eigenvalue weighted by molar-refractivity contribution is 0.158. The van der Waals surface area contributed by atoms with Crippen LogP contribution in [0.4, 0.5) is 16.3 Å². The summed E-state index contributed by atoms with van der Waals surface area (Å²) in [5, 5.41) is 7.36. The average molecular weight is 752 g/mol. The Morgan fingerprint density at radius 3 is 2.59 bits per heavy atom. The second-order valence-electron chi connectivity index (χ2n) is 14.4. The zero-order chi connectivity index (χ0) is 37.9. The Morgan fingerprint density at radius 2 is 1.80 bits per heavy atom. The van der Waals surface area contributed by atoms with Gasteiger partial charge in [-0.25, -0.2) is 24.5 Å². The van der Waals surface area contributed by atoms with E-state index in [-0.39, 0.29) is 28.6 Å². The third kappa shape index (κ3) is 5.89. The quantitative estimate of drug-likeness (QED) is 0.219. The largest absolute Gasteiger partial charge is 0.481 e. The van der Waals surface area contributed by atoms with Crippen LogP contribution in [0.15, 0.2) is 58.4 Å². The van der Waals surface area contributed by atoms with Gasteiger partial charge in [-0.15, -0.1) is 0 Å². The molecule has 2 fully saturated rings. The van der Waals surface area contributed by atoms with Crippen LogP contribution in [0.1, 0.15) is 35.6 Å². The first-order valence-corrected chi connectivity index (χ1v) is 18.4. The van der Waals surface area contributed by atoms with Crippen LogP contribution in [-0.4, -0.2) is 92.5 Å². The van der Waals surface area contributed by atoms with Crippen molar-refractivity contribution in [3.63, 3.8) is 0 Å². The predicted octanol–water partition coefficient (Wildman–Crippen LogP) is 4.57. The van der Waals surface area contributed by atoms with Gasteiger partial charge in [0.1, 0.15) is 17.5 Å². The van der Waals surface area contributed by atoms with Gasteiger partial charge in [0.05, 0.1) is 30.0 Å². The van der Waals surface area contributed by atoms with E-state index in [9.17, 15) is 14.4 Å². The molecule has 5 heterocycles. The molecule has 15 heteroatoms. The molecular weight excluding hydrogens is 710 g/mol. The van der Waals surface area contributed by atoms with Crippen LogP contribution in [0.2, 0.25) is 5.02 Å². The molecular formula is C39H42ClN9O5. The van der Waals surface area contributed by atoms with Gasteiger partial charge < -0.3 is 25.0 Å². The van der Waals surface area contributed by atoms with Gasteiger partial charge in [0.25, 0.3) is 5.56 Å². The summed E-state index contributed by atoms with van der Waals surface area (Å²) in [5.41, 5.74) is 6.14. The van der Waals surface area contributed by atoms with E-state index in [2.05, 4.69) is 31.6 Å². The van der Waals surface area contributed by atoms with Gasteiger partial charge in [-0.2, -0.15) is 0 Å². The van der Waals surface area contributed by atoms with Crippen molar-refractivity contribution in [2.75, 3.05) is 52.3 Å². The Kier molecular flexibility index (Phi) is 9.15. The second kappa shape index (κ2) is 13.8. The van der Waals surface area contributed by atoms with Crippen molar-refractivity contribution in [3.05, 3.63) is 91.3 Å². The number of halogens is 1. The third-order valence-electron chi connectivity index (χ3n) is 11.3. The minimum atomic E-state index is -0.485. The number of ether oxygens (including phenoxy) is 2. The predicted molar refractivity (Wildman–Crippen MR) is 207 cm³/mol. The Hall–Kier alpha value is -5.31. The molecule has 1 spiro atoms. The number of anilines is 2. The number of hydrogen-bond donors (Lipinski definition) is 2. The highest BCUT2D eigenvalue weighted by Crippen LogP contribution is 2.46. The van der Waals surface area contributed by atoms with Crippen molar-refractivity contribution in [1.29, 1.82) is 0 Å². The van der Waals surface area contributed by atoms with Crippen LogP contribution < -0.4 is 26.6 Å². The molecule has 2 amide bonds. The maximum atomic E-state index is 13.2. The number of benzene rings is 2. The number of methoxy groups -OCH3 is 2. The molecule has 3 aromatic heterocycles. The van der Waals surface area contributed by atoms with Gasteiger partial charge in [-0.1, -0.05) is 41.9 Å². The normalized spacial score (nSPS) is 19.6. The van der Waals surface area contributed by atoms with Crippen LogP contribution >= 0.6 is 11.6 Å². The molecule has 280 valence electrons. The van der Waals surface area contributed by atoms with E-state index in [1.165, 1.54) is 23.5 Å². The number of aryl methyl sites for hydroxylation is 2. The van der Waals surface area contributed by atoms with Crippen molar-refractivity contribution in [2.45, 2.75) is 37.8 Å². The summed E-state index contributed by atoms with van der Waals surface area (Å²) in [6.45, 7) is 5.38. The number of amides is 2. The summed E-state index contributed by atoms with van der Waals surface area (Å²) in [6, 6.07) is 14.0. The molecule has 3 aliphatic rings. The van der Waals surface area contributed by atoms with E-state index in [1.54, 1.807) is 21.3 Å². The van der Waals surface area contributed by atoms with Gasteiger partial charge in [-0.3, -0.25) is 18.8 Å². The second-order valence-corrected chi connectivity index (χ2v) is 14.8. The molecule has 1 aliphatic carbocycles. The van der Waals surface area contributed by atoms with Gasteiger partial charge in [0, 0.05) is 75.8 Å². The molecule has 2 aromatic carbocycles. The fraction of sp³-hybridized carbons (Fsp3) is 0.385. The molecule has 2 unspecified atom stereocenters. The minimum Gasteiger partial charge on any atom is -0.481 e. The molecule has 0 saturated carbocycles. The zero-order valence-corrected chi connectivity index (χ0v) is 31.7. The van der Waals surface area contributed by atoms with E-state index in [4.69, 9.17) is 26.1 Å². The van der Waals surface area contributed by atoms with E-state index in [1.807, 2.05) is 48.2 Å². The number of urea groups is 1. The highest BCUT2D eigenvalue weighted by molar-refractivity contribution is 6.36. The monoisotopic (exact) mass is 751 g/mol. The van der Waals surface area contributed by atoms with Gasteiger partial charge in [0.2, 0.25) is 5.88 Å². The van der Waals surface area contributed by atoms with E-state index < -0.39 is 11.2 Å². The molecule has 2 saturated heterocycles. The maximum Gasteiger partial charge on any atom is 0.332 e. The summed E-state index contributed by atoms with van der Waals surface area (Å²) >= 11 is 7.26. The van der Waals surface area contributed by atoms with Crippen LogP contribution in [0.25, 0.3) is 33.4 Å². The topological polar surface area (TPSA) is 149 Å². The number of nitrogens with one attached hydrogen (secondary N) is 2. The fourth-order valence-corrected chi connectivity index (χ4v) is 8.75. The van der Waals surface area contributed by atoms with Gasteiger partial charge in [0.15, 0.2) is 5.65 Å². The summed E-state index contributed by atoms with van der Waals surface area (Å²) < 4.78 is 13.6. The Morgan fingerprint density at radius 1 is 1.02 bits per heavy atom. The van der Waals surface area contributed by atoms with E-state index >= 15 is 0 Å². The van der Waals surface area contributed by atoms with Gasteiger partial charge >= 0.3 is 11.7 Å². The lowest BCUT2D eigenvalue weighted by atomic mass is 9.96. The van der Waals surface area contributed by atoms with Crippen molar-refractivity contribution >= 4 is 40.2 Å². The number of pyridine rings is 1. The lowest BCUT2D eigenvalue weighted by Gasteiger charge is -2.28. The maximum absolute atomic E-state index is 13.2. The average Bonchev–Trinajstić information content (AvgIpc) is 3.88. The van der Waals surface area contributed by atoms with Crippen LogP contribution in [0.3, 0.4) is 0 Å². The zero-order valence-electron chi connectivity index (χ0n) is 30.9. The SMILES string of the molecule is COCCN1CC2(CCN(C3CCc4cc(-c5cccc(-c6cccc(Nc7ncnc8c7c(=O)n(C)c(=O)n8C)c6C)c5Cl)nc(OC)c43)C2)NC1=O. The molecule has 0 bridgehead atoms. The Bertz CT molecular complexity index is 2450. The number of nitrogens with zero attached hydrogens (tertiary/aromatic N) is 7. The summed E-state index contributed by atoms with van der Waals surface area (Å²) in [6.07, 6.45) is 4.03. The molecule has 2 atom stereocenters. The highest BCUT2D eigenvalue weighted by Gasteiger charge is 2.49. The first-order chi connectivity index (χ1) is 26.0. The van der Waals surface area contributed by atoms with Crippen LogP contribution in [0.5, 0.6) is 5.88 Å². The first kappa shape index (κ1) is 35.7. The van der Waals surface area contributed by atoms with Gasteiger partial charge in [-0.05, 0) is 55.0 Å². The Balaban J connectivity index is 1.09. The highest BCUT2D eigenvalue weighted by atomic mass is 35.5. The van der Waals surface area contributed by atoms with Crippen LogP contribution in [0, 0.1) is 6.92 Å². The molecule has 14 nitrogen and oxygen atoms in total. The number of hydrogen-bond acceptors (Lipinski definition) is 10. The number of carbonyl (C=O) groups is 1. The van der Waals surface area contributed by atoms with Crippen molar-refractivity contribution in [1.82, 2.24) is 39.2 Å². The number of fused-ring (bicyclic) bond motifs is 2. The Labute approximate surface area is 316 Å². The molecule has 8 rings (SSSR count). The number of carbonyl (C=O) groups excluding carboxylic acids is 1. The lowest BCUT2D eigenvalue weighted by Crippen LogP contribution is -2.46. The smallest absolute Gasteiger partial charge is 0.332 e. The molecule has 0 radical (unpaired) electrons. The molecule has 2 aliphatic heterocycles. The third-order valence-corrected chi connectivity index (χ3v) is 11.7. The number of rotatable bonds is 9. The molecule has 5 aromatic rings. The standard InChI is InChI=1S/C39H42ClN9O5/c1-22-24(8-7-11-27(22)43-33-31-34(42-21-41-33)46(2)38(52)47(3)36(31)50)25-9-6-10-26(32(25)40)28-18-23-12-13-29(30(23)35(44-28)54-5)48-15-14-39(19-48)20-49(16-17-53-4)37(51)45-39/h6-11,18,21,29H,12-17,19-20H2,1-5H3,(H,45,51)(H,41,42,43). The van der Waals surface area contributed by atoms with Crippen molar-refractivity contribution in [3.8, 4) is 28.3 Å². The van der Waals surface area contributed by atoms with Crippen molar-refractivity contribution in [2.24, 2.45) is 14.1 Å². The van der Waals surface area contributed by atoms with E-state index in [0.717, 1.165) is 76.1 Å². The number of aromatic nitrogens is 5. The number of likely N-dealkylation sites (tertiary alicyclic amines) is 1. The summed E-state index contributed by atoms with van der Waals surface area (Å²) in [4.78, 5) is 56.4. The van der Waals surface area contributed by atoms with E-state index in [0.29, 0.717) is 36.4 Å². The summed E-state index contributed by atoms with van der Waals surface area (Å²) in [7, 11) is 6.32. The minimum absolute atomic E-state index is 0.0255. The summed E-state index contributed by atoms with van der Waals surface area (Å²) in [5.74, 6) is 0.887. The molecule has 54 heavy (non-hydrogen) atoms. The van der Waals surface area contributed by atoms with Crippen LogP contribution in [-0.2, 0) is 25.3 Å². The fourth-order valence-electron chi connectivity index (χ4n) is 8.43. The first-order valence-electron chi connectivity index (χ1n) is 18.0. The molecule has 2 N–H and O–H groups in total. The van der Waals surface area contributed by atoms with Crippen molar-refractivity contribution < 1.29 is 14.3 Å².